The molecule has 0 saturated carbocycles. The number of carboxylic acids is 1. The molecule has 1 saturated heterocycles. The Morgan fingerprint density at radius 3 is 2.46 bits per heavy atom. The second-order valence-electron chi connectivity index (χ2n) is 6.72. The molecular formula is C18H18Br2N6O2. The van der Waals surface area contributed by atoms with Crippen molar-refractivity contribution in [1.29, 1.82) is 0 Å². The van der Waals surface area contributed by atoms with Gasteiger partial charge in [0.15, 0.2) is 5.65 Å². The van der Waals surface area contributed by atoms with E-state index in [9.17, 15) is 9.90 Å². The Morgan fingerprint density at radius 1 is 1.11 bits per heavy atom. The molecule has 1 aromatic carbocycles. The van der Waals surface area contributed by atoms with Gasteiger partial charge >= 0.3 is 5.97 Å². The molecule has 28 heavy (non-hydrogen) atoms. The number of halogens is 2. The summed E-state index contributed by atoms with van der Waals surface area (Å²) in [7, 11) is 0. The van der Waals surface area contributed by atoms with Crippen LogP contribution in [0, 0.1) is 13.8 Å². The molecule has 0 bridgehead atoms. The minimum atomic E-state index is -0.911. The molecule has 0 aliphatic carbocycles. The number of fused-ring (bicyclic) bond motifs is 1. The fraction of sp³-hybridized carbons (Fsp3) is 0.333. The van der Waals surface area contributed by atoms with Crippen LogP contribution in [0.25, 0.3) is 11.0 Å². The van der Waals surface area contributed by atoms with E-state index in [-0.39, 0.29) is 0 Å². The fourth-order valence-electron chi connectivity index (χ4n) is 3.62. The van der Waals surface area contributed by atoms with E-state index in [2.05, 4.69) is 61.8 Å². The summed E-state index contributed by atoms with van der Waals surface area (Å²) >= 11 is 7.02. The Hall–Kier alpha value is -2.20. The summed E-state index contributed by atoms with van der Waals surface area (Å²) in [4.78, 5) is 24.7. The highest BCUT2D eigenvalue weighted by molar-refractivity contribution is 9.10. The van der Waals surface area contributed by atoms with Gasteiger partial charge in [-0.1, -0.05) is 15.9 Å². The first-order chi connectivity index (χ1) is 13.4. The Kier molecular flexibility index (Phi) is 5.00. The highest BCUT2D eigenvalue weighted by Crippen LogP contribution is 2.34. The van der Waals surface area contributed by atoms with Crippen molar-refractivity contribution in [1.82, 2.24) is 20.2 Å². The molecule has 0 spiro atoms. The van der Waals surface area contributed by atoms with E-state index in [1.165, 1.54) is 6.33 Å². The maximum Gasteiger partial charge on any atom is 0.336 e. The van der Waals surface area contributed by atoms with Crippen molar-refractivity contribution in [3.8, 4) is 0 Å². The third-order valence-electron chi connectivity index (χ3n) is 5.17. The number of piperazine rings is 1. The van der Waals surface area contributed by atoms with Crippen LogP contribution in [0.3, 0.4) is 0 Å². The van der Waals surface area contributed by atoms with E-state index in [0.29, 0.717) is 15.8 Å². The Labute approximate surface area is 178 Å². The van der Waals surface area contributed by atoms with Crippen LogP contribution in [-0.2, 0) is 0 Å². The zero-order valence-electron chi connectivity index (χ0n) is 15.3. The Bertz CT molecular complexity index is 1080. The summed E-state index contributed by atoms with van der Waals surface area (Å²) < 4.78 is 1.55. The number of nitrogens with zero attached hydrogens (tertiary/aromatic N) is 5. The van der Waals surface area contributed by atoms with Gasteiger partial charge in [0.2, 0.25) is 0 Å². The molecule has 10 heteroatoms. The third-order valence-corrected chi connectivity index (χ3v) is 6.93. The zero-order chi connectivity index (χ0) is 20.0. The maximum absolute atomic E-state index is 11.6. The van der Waals surface area contributed by atoms with Crippen molar-refractivity contribution < 1.29 is 9.90 Å². The first-order valence-electron chi connectivity index (χ1n) is 8.76. The number of carboxylic acid groups (broad SMARTS) is 1. The van der Waals surface area contributed by atoms with Crippen molar-refractivity contribution >= 4 is 60.4 Å². The molecule has 146 valence electrons. The van der Waals surface area contributed by atoms with Crippen molar-refractivity contribution in [3.63, 3.8) is 0 Å². The number of hydrogen-bond acceptors (Lipinski definition) is 6. The number of H-pyrrole nitrogens is 1. The van der Waals surface area contributed by atoms with Crippen LogP contribution in [0.15, 0.2) is 21.5 Å². The number of nitrogens with one attached hydrogen (secondary N) is 1. The molecule has 4 rings (SSSR count). The number of rotatable bonds is 3. The van der Waals surface area contributed by atoms with Crippen LogP contribution < -0.4 is 9.80 Å². The topological polar surface area (TPSA) is 98.2 Å². The molecule has 2 N–H and O–H groups in total. The lowest BCUT2D eigenvalue weighted by Gasteiger charge is -2.38. The minimum absolute atomic E-state index is 0.328. The van der Waals surface area contributed by atoms with Gasteiger partial charge in [0, 0.05) is 36.3 Å². The number of benzene rings is 1. The predicted molar refractivity (Wildman–Crippen MR) is 114 cm³/mol. The Morgan fingerprint density at radius 2 is 1.79 bits per heavy atom. The lowest BCUT2D eigenvalue weighted by atomic mass is 10.0. The van der Waals surface area contributed by atoms with E-state index >= 15 is 0 Å². The van der Waals surface area contributed by atoms with E-state index in [1.807, 2.05) is 13.8 Å². The van der Waals surface area contributed by atoms with Gasteiger partial charge < -0.3 is 14.9 Å². The van der Waals surface area contributed by atoms with E-state index in [0.717, 1.165) is 58.7 Å². The summed E-state index contributed by atoms with van der Waals surface area (Å²) in [5.74, 6) is -0.0652. The quantitative estimate of drug-likeness (QED) is 0.557. The number of aromatic amines is 1. The second-order valence-corrected chi connectivity index (χ2v) is 8.27. The molecule has 8 nitrogen and oxygen atoms in total. The molecular weight excluding hydrogens is 492 g/mol. The van der Waals surface area contributed by atoms with Crippen LogP contribution in [0.1, 0.15) is 21.5 Å². The molecule has 0 radical (unpaired) electrons. The van der Waals surface area contributed by atoms with Crippen molar-refractivity contribution in [3.05, 3.63) is 38.2 Å². The molecule has 0 unspecified atom stereocenters. The van der Waals surface area contributed by atoms with Crippen LogP contribution in [0.4, 0.5) is 11.5 Å². The molecule has 1 aliphatic rings. The summed E-state index contributed by atoms with van der Waals surface area (Å²) in [6, 6.07) is 1.78. The molecule has 0 amide bonds. The summed E-state index contributed by atoms with van der Waals surface area (Å²) in [5, 5.41) is 17.5. The monoisotopic (exact) mass is 508 g/mol. The second kappa shape index (κ2) is 7.32. The molecule has 3 heterocycles. The largest absolute Gasteiger partial charge is 0.478 e. The number of anilines is 2. The first kappa shape index (κ1) is 19.1. The van der Waals surface area contributed by atoms with Crippen molar-refractivity contribution in [2.24, 2.45) is 0 Å². The molecule has 2 aromatic heterocycles. The van der Waals surface area contributed by atoms with E-state index < -0.39 is 5.97 Å². The van der Waals surface area contributed by atoms with Crippen molar-refractivity contribution in [2.45, 2.75) is 13.8 Å². The summed E-state index contributed by atoms with van der Waals surface area (Å²) in [6.07, 6.45) is 1.54. The third kappa shape index (κ3) is 3.14. The maximum atomic E-state index is 11.6. The van der Waals surface area contributed by atoms with Gasteiger partial charge in [-0.15, -0.1) is 0 Å². The van der Waals surface area contributed by atoms with Crippen molar-refractivity contribution in [2.75, 3.05) is 36.0 Å². The number of carbonyl (C=O) groups is 1. The van der Waals surface area contributed by atoms with Gasteiger partial charge in [-0.3, -0.25) is 5.10 Å². The molecule has 1 aliphatic heterocycles. The summed E-state index contributed by atoms with van der Waals surface area (Å²) in [6.45, 7) is 6.88. The standard InChI is InChI=1S/C18H18Br2N6O2/c1-9-11(18(27)28)7-12(10(2)14(9)19)25-3-5-26(6-4-25)17-13-15(20)23-24-16(13)21-8-22-17/h7-8H,3-6H2,1-2H3,(H,27,28)(H,21,22,23,24). The van der Waals surface area contributed by atoms with Crippen LogP contribution in [0.2, 0.25) is 0 Å². The highest BCUT2D eigenvalue weighted by atomic mass is 79.9. The Balaban J connectivity index is 1.61. The van der Waals surface area contributed by atoms with Gasteiger partial charge in [-0.05, 0) is 47.0 Å². The average molecular weight is 510 g/mol. The zero-order valence-corrected chi connectivity index (χ0v) is 18.5. The van der Waals surface area contributed by atoms with Crippen LogP contribution in [0.5, 0.6) is 0 Å². The minimum Gasteiger partial charge on any atom is -0.478 e. The van der Waals surface area contributed by atoms with Gasteiger partial charge in [0.05, 0.1) is 10.9 Å². The number of hydrogen-bond donors (Lipinski definition) is 2. The molecule has 3 aromatic rings. The van der Waals surface area contributed by atoms with Gasteiger partial charge in [0.25, 0.3) is 0 Å². The smallest absolute Gasteiger partial charge is 0.336 e. The fourth-order valence-corrected chi connectivity index (χ4v) is 4.49. The highest BCUT2D eigenvalue weighted by Gasteiger charge is 2.25. The van der Waals surface area contributed by atoms with Crippen LogP contribution >= 0.6 is 31.9 Å². The first-order valence-corrected chi connectivity index (χ1v) is 10.3. The lowest BCUT2D eigenvalue weighted by Crippen LogP contribution is -2.47. The van der Waals surface area contributed by atoms with Gasteiger partial charge in [-0.25, -0.2) is 14.8 Å². The SMILES string of the molecule is Cc1c(C(=O)O)cc(N2CCN(c3ncnc4[nH]nc(Br)c34)CC2)c(C)c1Br. The molecule has 1 fully saturated rings. The van der Waals surface area contributed by atoms with Gasteiger partial charge in [-0.2, -0.15) is 5.10 Å². The predicted octanol–water partition coefficient (Wildman–Crippen LogP) is 3.52. The van der Waals surface area contributed by atoms with Crippen LogP contribution in [-0.4, -0.2) is 57.4 Å². The molecule has 0 atom stereocenters. The average Bonchev–Trinajstić information content (AvgIpc) is 3.07. The van der Waals surface area contributed by atoms with Gasteiger partial charge in [0.1, 0.15) is 16.7 Å². The normalized spacial score (nSPS) is 14.7. The van der Waals surface area contributed by atoms with E-state index in [4.69, 9.17) is 0 Å². The summed E-state index contributed by atoms with van der Waals surface area (Å²) in [5.41, 5.74) is 3.78. The lowest BCUT2D eigenvalue weighted by molar-refractivity contribution is 0.0696. The number of aromatic nitrogens is 4. The van der Waals surface area contributed by atoms with E-state index in [1.54, 1.807) is 6.07 Å². The number of aromatic carboxylic acids is 1.